The molecule has 1 aliphatic carbocycles. The van der Waals surface area contributed by atoms with E-state index in [1.54, 1.807) is 29.4 Å². The molecule has 0 spiro atoms. The molecule has 0 radical (unpaired) electrons. The van der Waals surface area contributed by atoms with E-state index in [1.165, 1.54) is 38.8 Å². The SMILES string of the molecule is c1ccc(CSc2ncnc3c2sc2nc(-c4ccccc4)c4c(c23)CCC4)cc1. The maximum atomic E-state index is 5.16. The summed E-state index contributed by atoms with van der Waals surface area (Å²) in [5.74, 6) is 0.905. The third kappa shape index (κ3) is 3.01. The number of thiophene rings is 1. The van der Waals surface area contributed by atoms with Gasteiger partial charge in [0.05, 0.1) is 15.9 Å². The second kappa shape index (κ2) is 7.49. The Balaban J connectivity index is 1.51. The van der Waals surface area contributed by atoms with Crippen LogP contribution in [0.5, 0.6) is 0 Å². The van der Waals surface area contributed by atoms with E-state index in [9.17, 15) is 0 Å². The number of thioether (sulfide) groups is 1. The molecule has 5 heteroatoms. The minimum Gasteiger partial charge on any atom is -0.236 e. The number of aryl methyl sites for hydroxylation is 1. The fourth-order valence-corrected chi connectivity index (χ4v) is 6.53. The highest BCUT2D eigenvalue weighted by atomic mass is 32.2. The van der Waals surface area contributed by atoms with Gasteiger partial charge in [-0.25, -0.2) is 15.0 Å². The van der Waals surface area contributed by atoms with E-state index in [4.69, 9.17) is 9.97 Å². The van der Waals surface area contributed by atoms with E-state index in [2.05, 4.69) is 65.6 Å². The highest BCUT2D eigenvalue weighted by molar-refractivity contribution is 7.98. The second-order valence-electron chi connectivity index (χ2n) is 7.55. The van der Waals surface area contributed by atoms with Crippen LogP contribution < -0.4 is 0 Å². The van der Waals surface area contributed by atoms with Gasteiger partial charge in [0.15, 0.2) is 0 Å². The number of benzene rings is 2. The Hall–Kier alpha value is -2.76. The number of aromatic nitrogens is 3. The number of hydrogen-bond donors (Lipinski definition) is 0. The van der Waals surface area contributed by atoms with E-state index in [0.717, 1.165) is 39.7 Å². The molecule has 0 N–H and O–H groups in total. The van der Waals surface area contributed by atoms with Crippen molar-refractivity contribution in [2.24, 2.45) is 0 Å². The number of fused-ring (bicyclic) bond motifs is 5. The van der Waals surface area contributed by atoms with Gasteiger partial charge in [0, 0.05) is 16.7 Å². The van der Waals surface area contributed by atoms with Crippen LogP contribution >= 0.6 is 23.1 Å². The van der Waals surface area contributed by atoms with Gasteiger partial charge < -0.3 is 0 Å². The fourth-order valence-electron chi connectivity index (χ4n) is 4.34. The molecule has 0 saturated heterocycles. The highest BCUT2D eigenvalue weighted by Crippen LogP contribution is 2.44. The smallest absolute Gasteiger partial charge is 0.127 e. The third-order valence-corrected chi connectivity index (χ3v) is 7.97. The number of nitrogens with zero attached hydrogens (tertiary/aromatic N) is 3. The van der Waals surface area contributed by atoms with Crippen molar-refractivity contribution in [1.29, 1.82) is 0 Å². The second-order valence-corrected chi connectivity index (χ2v) is 9.51. The van der Waals surface area contributed by atoms with Crippen LogP contribution in [0, 0.1) is 0 Å². The summed E-state index contributed by atoms with van der Waals surface area (Å²) in [6.07, 6.45) is 5.11. The van der Waals surface area contributed by atoms with Crippen LogP contribution in [0.3, 0.4) is 0 Å². The van der Waals surface area contributed by atoms with Crippen molar-refractivity contribution in [3.8, 4) is 11.3 Å². The van der Waals surface area contributed by atoms with Crippen molar-refractivity contribution in [2.75, 3.05) is 0 Å². The summed E-state index contributed by atoms with van der Waals surface area (Å²) in [5.41, 5.74) is 7.59. The first-order valence-electron chi connectivity index (χ1n) is 10.2. The van der Waals surface area contributed by atoms with Gasteiger partial charge in [-0.1, -0.05) is 60.7 Å². The van der Waals surface area contributed by atoms with Crippen LogP contribution in [0.25, 0.3) is 31.7 Å². The lowest BCUT2D eigenvalue weighted by atomic mass is 10.0. The van der Waals surface area contributed by atoms with E-state index in [1.807, 2.05) is 0 Å². The lowest BCUT2D eigenvalue weighted by Gasteiger charge is -2.09. The average molecular weight is 426 g/mol. The molecule has 3 heterocycles. The summed E-state index contributed by atoms with van der Waals surface area (Å²) in [5, 5.41) is 2.31. The summed E-state index contributed by atoms with van der Waals surface area (Å²) in [4.78, 5) is 15.6. The predicted molar refractivity (Wildman–Crippen MR) is 126 cm³/mol. The van der Waals surface area contributed by atoms with Crippen molar-refractivity contribution in [3.63, 3.8) is 0 Å². The normalized spacial score (nSPS) is 13.2. The molecule has 3 aromatic heterocycles. The molecule has 0 amide bonds. The summed E-state index contributed by atoms with van der Waals surface area (Å²) in [7, 11) is 0. The monoisotopic (exact) mass is 425 g/mol. The minimum atomic E-state index is 0.905. The zero-order chi connectivity index (χ0) is 19.9. The Morgan fingerprint density at radius 2 is 1.63 bits per heavy atom. The maximum absolute atomic E-state index is 5.16. The molecule has 1 aliphatic rings. The van der Waals surface area contributed by atoms with Gasteiger partial charge in [-0.2, -0.15) is 0 Å². The molecule has 0 aliphatic heterocycles. The maximum Gasteiger partial charge on any atom is 0.127 e. The third-order valence-electron chi connectivity index (χ3n) is 5.70. The topological polar surface area (TPSA) is 38.7 Å². The van der Waals surface area contributed by atoms with Gasteiger partial charge in [-0.15, -0.1) is 23.1 Å². The van der Waals surface area contributed by atoms with Gasteiger partial charge in [-0.3, -0.25) is 0 Å². The first kappa shape index (κ1) is 18.0. The molecule has 0 saturated carbocycles. The standard InChI is InChI=1S/C25H19N3S2/c1-3-8-16(9-4-1)14-29-25-23-22(26-15-27-25)20-18-12-7-13-19(18)21(28-24(20)30-23)17-10-5-2-6-11-17/h1-6,8-11,15H,7,12-14H2. The van der Waals surface area contributed by atoms with Crippen molar-refractivity contribution in [3.05, 3.63) is 83.7 Å². The van der Waals surface area contributed by atoms with Crippen LogP contribution in [-0.2, 0) is 18.6 Å². The molecule has 2 aromatic carbocycles. The van der Waals surface area contributed by atoms with E-state index >= 15 is 0 Å². The molecule has 0 unspecified atom stereocenters. The molecular weight excluding hydrogens is 406 g/mol. The number of rotatable bonds is 4. The molecule has 0 atom stereocenters. The Kier molecular flexibility index (Phi) is 4.51. The van der Waals surface area contributed by atoms with Crippen molar-refractivity contribution in [1.82, 2.24) is 15.0 Å². The Bertz CT molecular complexity index is 1360. The van der Waals surface area contributed by atoms with E-state index in [-0.39, 0.29) is 0 Å². The molecule has 6 rings (SSSR count). The molecule has 0 bridgehead atoms. The summed E-state index contributed by atoms with van der Waals surface area (Å²) < 4.78 is 1.17. The zero-order valence-electron chi connectivity index (χ0n) is 16.3. The van der Waals surface area contributed by atoms with Crippen LogP contribution in [0.15, 0.2) is 72.0 Å². The van der Waals surface area contributed by atoms with E-state index in [0.29, 0.717) is 0 Å². The Labute approximate surface area is 183 Å². The average Bonchev–Trinajstić information content (AvgIpc) is 3.43. The van der Waals surface area contributed by atoms with Gasteiger partial charge in [0.25, 0.3) is 0 Å². The molecule has 5 aromatic rings. The Morgan fingerprint density at radius 1 is 0.867 bits per heavy atom. The number of hydrogen-bond acceptors (Lipinski definition) is 5. The lowest BCUT2D eigenvalue weighted by Crippen LogP contribution is -1.94. The zero-order valence-corrected chi connectivity index (χ0v) is 18.0. The van der Waals surface area contributed by atoms with Crippen molar-refractivity contribution in [2.45, 2.75) is 30.0 Å². The van der Waals surface area contributed by atoms with Gasteiger partial charge in [0.2, 0.25) is 0 Å². The lowest BCUT2D eigenvalue weighted by molar-refractivity contribution is 0.913. The largest absolute Gasteiger partial charge is 0.236 e. The first-order valence-corrected chi connectivity index (χ1v) is 12.0. The van der Waals surface area contributed by atoms with Gasteiger partial charge in [-0.05, 0) is 36.0 Å². The van der Waals surface area contributed by atoms with Crippen molar-refractivity contribution < 1.29 is 0 Å². The quantitative estimate of drug-likeness (QED) is 0.238. The summed E-state index contributed by atoms with van der Waals surface area (Å²) in [6.45, 7) is 0. The van der Waals surface area contributed by atoms with Crippen LogP contribution in [0.4, 0.5) is 0 Å². The highest BCUT2D eigenvalue weighted by Gasteiger charge is 2.24. The summed E-state index contributed by atoms with van der Waals surface area (Å²) in [6, 6.07) is 21.1. The van der Waals surface area contributed by atoms with E-state index < -0.39 is 0 Å². The predicted octanol–water partition coefficient (Wildman–Crippen LogP) is 6.69. The molecular formula is C25H19N3S2. The van der Waals surface area contributed by atoms with Crippen molar-refractivity contribution >= 4 is 43.5 Å². The van der Waals surface area contributed by atoms with Crippen LogP contribution in [0.1, 0.15) is 23.1 Å². The minimum absolute atomic E-state index is 0.905. The van der Waals surface area contributed by atoms with Crippen LogP contribution in [-0.4, -0.2) is 15.0 Å². The molecule has 3 nitrogen and oxygen atoms in total. The van der Waals surface area contributed by atoms with Crippen LogP contribution in [0.2, 0.25) is 0 Å². The van der Waals surface area contributed by atoms with Gasteiger partial charge >= 0.3 is 0 Å². The molecule has 146 valence electrons. The first-order chi connectivity index (χ1) is 14.9. The molecule has 0 fully saturated rings. The Morgan fingerprint density at radius 3 is 2.47 bits per heavy atom. The number of pyridine rings is 1. The molecule has 30 heavy (non-hydrogen) atoms. The fraction of sp³-hybridized carbons (Fsp3) is 0.160. The summed E-state index contributed by atoms with van der Waals surface area (Å²) >= 11 is 3.52. The van der Waals surface area contributed by atoms with Gasteiger partial charge in [0.1, 0.15) is 16.2 Å².